The number of rotatable bonds is 4. The van der Waals surface area contributed by atoms with Crippen molar-refractivity contribution in [2.45, 2.75) is 0 Å². The van der Waals surface area contributed by atoms with Gasteiger partial charge in [-0.05, 0) is 36.4 Å². The third-order valence-corrected chi connectivity index (χ3v) is 2.45. The fourth-order valence-corrected chi connectivity index (χ4v) is 1.54. The first-order chi connectivity index (χ1) is 8.29. The molecule has 0 atom stereocenters. The minimum atomic E-state index is -0.138. The summed E-state index contributed by atoms with van der Waals surface area (Å²) >= 11 is 5.79. The Morgan fingerprint density at radius 2 is 1.76 bits per heavy atom. The number of nitrogens with one attached hydrogen (secondary N) is 1. The molecular weight excluding hydrogens is 238 g/mol. The maximum Gasteiger partial charge on any atom is 0.150 e. The van der Waals surface area contributed by atoms with Crippen LogP contribution in [0.2, 0.25) is 5.02 Å². The lowest BCUT2D eigenvalue weighted by Gasteiger charge is -2.11. The molecule has 0 aliphatic rings. The van der Waals surface area contributed by atoms with Gasteiger partial charge in [0.05, 0.1) is 5.69 Å². The molecular formula is C13H12ClNO2. The number of benzene rings is 2. The van der Waals surface area contributed by atoms with Crippen LogP contribution < -0.4 is 10.1 Å². The number of ether oxygens (including phenoxy) is 1. The number of halogens is 1. The maximum atomic E-state index is 8.86. The molecule has 88 valence electrons. The van der Waals surface area contributed by atoms with Crippen molar-refractivity contribution in [1.82, 2.24) is 0 Å². The number of hydrogen-bond donors (Lipinski definition) is 2. The lowest BCUT2D eigenvalue weighted by Crippen LogP contribution is -2.00. The molecule has 0 radical (unpaired) electrons. The van der Waals surface area contributed by atoms with E-state index < -0.39 is 0 Å². The summed E-state index contributed by atoms with van der Waals surface area (Å²) in [7, 11) is 0. The highest BCUT2D eigenvalue weighted by Gasteiger charge is 2.03. The van der Waals surface area contributed by atoms with E-state index >= 15 is 0 Å². The van der Waals surface area contributed by atoms with E-state index in [0.29, 0.717) is 16.5 Å². The number of aliphatic hydroxyl groups is 1. The molecule has 4 heteroatoms. The van der Waals surface area contributed by atoms with Crippen LogP contribution in [0.25, 0.3) is 0 Å². The van der Waals surface area contributed by atoms with Crippen LogP contribution in [0.5, 0.6) is 11.5 Å². The molecule has 3 nitrogen and oxygen atoms in total. The first-order valence-corrected chi connectivity index (χ1v) is 5.54. The maximum absolute atomic E-state index is 8.86. The second-order valence-electron chi connectivity index (χ2n) is 3.39. The molecule has 0 aliphatic carbocycles. The average Bonchev–Trinajstić information content (AvgIpc) is 2.35. The van der Waals surface area contributed by atoms with E-state index in [1.807, 2.05) is 24.3 Å². The monoisotopic (exact) mass is 249 g/mol. The summed E-state index contributed by atoms with van der Waals surface area (Å²) in [6, 6.07) is 14.5. The summed E-state index contributed by atoms with van der Waals surface area (Å²) in [4.78, 5) is 0. The van der Waals surface area contributed by atoms with Gasteiger partial charge in [0, 0.05) is 5.02 Å². The van der Waals surface area contributed by atoms with E-state index in [4.69, 9.17) is 21.4 Å². The lowest BCUT2D eigenvalue weighted by atomic mass is 10.3. The molecule has 2 aromatic carbocycles. The summed E-state index contributed by atoms with van der Waals surface area (Å²) in [5, 5.41) is 12.3. The smallest absolute Gasteiger partial charge is 0.150 e. The van der Waals surface area contributed by atoms with Crippen LogP contribution in [0.15, 0.2) is 48.5 Å². The van der Waals surface area contributed by atoms with Crippen LogP contribution in [0.4, 0.5) is 5.69 Å². The van der Waals surface area contributed by atoms with E-state index in [-0.39, 0.29) is 6.73 Å². The van der Waals surface area contributed by atoms with Gasteiger partial charge in [0.2, 0.25) is 0 Å². The van der Waals surface area contributed by atoms with Gasteiger partial charge >= 0.3 is 0 Å². The van der Waals surface area contributed by atoms with Crippen molar-refractivity contribution >= 4 is 17.3 Å². The number of para-hydroxylation sites is 2. The molecule has 0 aromatic heterocycles. The zero-order valence-corrected chi connectivity index (χ0v) is 9.82. The van der Waals surface area contributed by atoms with Gasteiger partial charge in [-0.15, -0.1) is 0 Å². The molecule has 0 heterocycles. The average molecular weight is 250 g/mol. The first kappa shape index (κ1) is 11.8. The Kier molecular flexibility index (Phi) is 3.85. The predicted molar refractivity (Wildman–Crippen MR) is 68.7 cm³/mol. The molecule has 2 rings (SSSR count). The van der Waals surface area contributed by atoms with Gasteiger partial charge < -0.3 is 15.2 Å². The number of hydrogen-bond acceptors (Lipinski definition) is 3. The second kappa shape index (κ2) is 5.57. The Balaban J connectivity index is 2.20. The largest absolute Gasteiger partial charge is 0.455 e. The lowest BCUT2D eigenvalue weighted by molar-refractivity contribution is 0.325. The van der Waals surface area contributed by atoms with E-state index in [1.54, 1.807) is 24.3 Å². The van der Waals surface area contributed by atoms with Gasteiger partial charge in [-0.3, -0.25) is 0 Å². The van der Waals surface area contributed by atoms with Crippen molar-refractivity contribution in [3.63, 3.8) is 0 Å². The van der Waals surface area contributed by atoms with Crippen LogP contribution in [-0.4, -0.2) is 11.8 Å². The molecule has 0 spiro atoms. The molecule has 0 saturated carbocycles. The number of anilines is 1. The summed E-state index contributed by atoms with van der Waals surface area (Å²) in [5.74, 6) is 1.35. The molecule has 2 aromatic rings. The molecule has 0 unspecified atom stereocenters. The summed E-state index contributed by atoms with van der Waals surface area (Å²) in [5.41, 5.74) is 0.741. The van der Waals surface area contributed by atoms with E-state index in [1.165, 1.54) is 0 Å². The van der Waals surface area contributed by atoms with Gasteiger partial charge in [-0.25, -0.2) is 0 Å². The van der Waals surface area contributed by atoms with Crippen LogP contribution in [0.3, 0.4) is 0 Å². The SMILES string of the molecule is OCNc1ccccc1Oc1ccc(Cl)cc1. The van der Waals surface area contributed by atoms with Gasteiger partial charge in [0.25, 0.3) is 0 Å². The van der Waals surface area contributed by atoms with Crippen molar-refractivity contribution in [3.05, 3.63) is 53.6 Å². The molecule has 0 bridgehead atoms. The topological polar surface area (TPSA) is 41.5 Å². The van der Waals surface area contributed by atoms with Crippen LogP contribution in [0, 0.1) is 0 Å². The van der Waals surface area contributed by atoms with Crippen molar-refractivity contribution in [2.75, 3.05) is 12.0 Å². The third-order valence-electron chi connectivity index (χ3n) is 2.20. The Bertz CT molecular complexity index is 485. The summed E-state index contributed by atoms with van der Waals surface area (Å²) in [6.45, 7) is -0.138. The molecule has 0 fully saturated rings. The van der Waals surface area contributed by atoms with Gasteiger partial charge in [0.15, 0.2) is 5.75 Å². The Hall–Kier alpha value is -1.71. The van der Waals surface area contributed by atoms with E-state index in [9.17, 15) is 0 Å². The van der Waals surface area contributed by atoms with Crippen molar-refractivity contribution in [3.8, 4) is 11.5 Å². The van der Waals surface area contributed by atoms with Gasteiger partial charge in [-0.1, -0.05) is 23.7 Å². The van der Waals surface area contributed by atoms with E-state index in [0.717, 1.165) is 5.69 Å². The third kappa shape index (κ3) is 3.12. The molecule has 0 amide bonds. The number of aliphatic hydroxyl groups excluding tert-OH is 1. The van der Waals surface area contributed by atoms with Gasteiger partial charge in [0.1, 0.15) is 12.5 Å². The standard InChI is InChI=1S/C13H12ClNO2/c14-10-5-7-11(8-6-10)17-13-4-2-1-3-12(13)15-9-16/h1-8,15-16H,9H2. The van der Waals surface area contributed by atoms with Gasteiger partial charge in [-0.2, -0.15) is 0 Å². The van der Waals surface area contributed by atoms with Crippen LogP contribution in [0.1, 0.15) is 0 Å². The normalized spacial score (nSPS) is 10.0. The Morgan fingerprint density at radius 1 is 1.06 bits per heavy atom. The summed E-state index contributed by atoms with van der Waals surface area (Å²) in [6.07, 6.45) is 0. The molecule has 17 heavy (non-hydrogen) atoms. The van der Waals surface area contributed by atoms with E-state index in [2.05, 4.69) is 5.32 Å². The first-order valence-electron chi connectivity index (χ1n) is 5.17. The minimum Gasteiger partial charge on any atom is -0.455 e. The fourth-order valence-electron chi connectivity index (χ4n) is 1.42. The van der Waals surface area contributed by atoms with Crippen molar-refractivity contribution in [2.24, 2.45) is 0 Å². The van der Waals surface area contributed by atoms with Crippen LogP contribution >= 0.6 is 11.6 Å². The molecule has 0 aliphatic heterocycles. The highest BCUT2D eigenvalue weighted by atomic mass is 35.5. The highest BCUT2D eigenvalue weighted by molar-refractivity contribution is 6.30. The second-order valence-corrected chi connectivity index (χ2v) is 3.82. The fraction of sp³-hybridized carbons (Fsp3) is 0.0769. The molecule has 0 saturated heterocycles. The predicted octanol–water partition coefficient (Wildman–Crippen LogP) is 3.49. The van der Waals surface area contributed by atoms with Crippen molar-refractivity contribution < 1.29 is 9.84 Å². The zero-order valence-electron chi connectivity index (χ0n) is 9.06. The minimum absolute atomic E-state index is 0.138. The molecule has 2 N–H and O–H groups in total. The Labute approximate surface area is 105 Å². The quantitative estimate of drug-likeness (QED) is 0.815. The Morgan fingerprint density at radius 3 is 2.47 bits per heavy atom. The zero-order chi connectivity index (χ0) is 12.1. The summed E-state index contributed by atoms with van der Waals surface area (Å²) < 4.78 is 5.68. The van der Waals surface area contributed by atoms with Crippen LogP contribution in [-0.2, 0) is 0 Å². The highest BCUT2D eigenvalue weighted by Crippen LogP contribution is 2.29. The van der Waals surface area contributed by atoms with Crippen molar-refractivity contribution in [1.29, 1.82) is 0 Å².